The first kappa shape index (κ1) is 16.0. The van der Waals surface area contributed by atoms with Gasteiger partial charge in [-0.05, 0) is 36.2 Å². The van der Waals surface area contributed by atoms with Gasteiger partial charge in [-0.2, -0.15) is 10.2 Å². The van der Waals surface area contributed by atoms with Crippen molar-refractivity contribution in [2.45, 2.75) is 32.9 Å². The Labute approximate surface area is 136 Å². The number of aromatic nitrogens is 4. The monoisotopic (exact) mass is 373 g/mol. The lowest BCUT2D eigenvalue weighted by molar-refractivity contribution is -0.124. The molecule has 0 bridgehead atoms. The Kier molecular flexibility index (Phi) is 5.41. The van der Waals surface area contributed by atoms with E-state index in [4.69, 9.17) is 11.6 Å². The van der Waals surface area contributed by atoms with E-state index >= 15 is 0 Å². The van der Waals surface area contributed by atoms with Gasteiger partial charge in [-0.25, -0.2) is 0 Å². The third-order valence-electron chi connectivity index (χ3n) is 3.10. The molecular weight excluding hydrogens is 358 g/mol. The molecule has 6 nitrogen and oxygen atoms in total. The fourth-order valence-electron chi connectivity index (χ4n) is 1.86. The molecule has 1 amide bonds. The van der Waals surface area contributed by atoms with Crippen LogP contribution in [0.4, 0.5) is 0 Å². The lowest BCUT2D eigenvalue weighted by Gasteiger charge is -2.12. The first-order valence-corrected chi connectivity index (χ1v) is 7.81. The maximum atomic E-state index is 12.0. The van der Waals surface area contributed by atoms with E-state index in [9.17, 15) is 4.79 Å². The average Bonchev–Trinajstić information content (AvgIpc) is 3.00. The van der Waals surface area contributed by atoms with Gasteiger partial charge in [-0.3, -0.25) is 14.2 Å². The minimum absolute atomic E-state index is 0.0553. The summed E-state index contributed by atoms with van der Waals surface area (Å²) < 4.78 is 4.27. The van der Waals surface area contributed by atoms with Crippen LogP contribution in [0.2, 0.25) is 5.02 Å². The molecule has 0 saturated carbocycles. The van der Waals surface area contributed by atoms with Crippen molar-refractivity contribution < 1.29 is 4.79 Å². The van der Waals surface area contributed by atoms with Crippen LogP contribution >= 0.6 is 27.5 Å². The van der Waals surface area contributed by atoms with Crippen LogP contribution in [0.3, 0.4) is 0 Å². The van der Waals surface area contributed by atoms with Crippen LogP contribution in [0.25, 0.3) is 0 Å². The van der Waals surface area contributed by atoms with Gasteiger partial charge in [0.05, 0.1) is 21.4 Å². The van der Waals surface area contributed by atoms with Crippen molar-refractivity contribution in [3.05, 3.63) is 33.8 Å². The highest BCUT2D eigenvalue weighted by atomic mass is 79.9. The highest BCUT2D eigenvalue weighted by Gasteiger charge is 2.14. The topological polar surface area (TPSA) is 64.7 Å². The van der Waals surface area contributed by atoms with Crippen molar-refractivity contribution in [2.24, 2.45) is 0 Å². The molecule has 8 heteroatoms. The molecule has 2 aromatic rings. The van der Waals surface area contributed by atoms with Crippen LogP contribution in [0.1, 0.15) is 25.1 Å². The van der Waals surface area contributed by atoms with E-state index < -0.39 is 0 Å². The zero-order valence-corrected chi connectivity index (χ0v) is 14.2. The van der Waals surface area contributed by atoms with Crippen molar-refractivity contribution in [3.8, 4) is 0 Å². The average molecular weight is 375 g/mol. The molecule has 1 unspecified atom stereocenters. The van der Waals surface area contributed by atoms with Crippen LogP contribution in [-0.2, 0) is 11.3 Å². The number of hydrogen-bond donors (Lipinski definition) is 1. The maximum absolute atomic E-state index is 12.0. The number of rotatable bonds is 6. The fraction of sp³-hybridized carbons (Fsp3) is 0.462. The zero-order chi connectivity index (χ0) is 15.4. The quantitative estimate of drug-likeness (QED) is 0.790. The summed E-state index contributed by atoms with van der Waals surface area (Å²) in [7, 11) is 0. The molecule has 2 rings (SSSR count). The molecule has 2 aromatic heterocycles. The second-order valence-corrected chi connectivity index (χ2v) is 6.11. The van der Waals surface area contributed by atoms with Crippen molar-refractivity contribution >= 4 is 33.4 Å². The molecule has 21 heavy (non-hydrogen) atoms. The van der Waals surface area contributed by atoms with E-state index in [-0.39, 0.29) is 11.9 Å². The molecule has 0 aromatic carbocycles. The van der Waals surface area contributed by atoms with Gasteiger partial charge >= 0.3 is 0 Å². The smallest absolute Gasteiger partial charge is 0.244 e. The van der Waals surface area contributed by atoms with Crippen LogP contribution < -0.4 is 5.32 Å². The second kappa shape index (κ2) is 7.09. The van der Waals surface area contributed by atoms with Gasteiger partial charge < -0.3 is 5.32 Å². The van der Waals surface area contributed by atoms with Crippen molar-refractivity contribution in [1.29, 1.82) is 0 Å². The number of carbonyl (C=O) groups is 1. The summed E-state index contributed by atoms with van der Waals surface area (Å²) in [5.41, 5.74) is 0.818. The molecule has 0 aliphatic carbocycles. The number of amides is 1. The first-order chi connectivity index (χ1) is 9.97. The highest BCUT2D eigenvalue weighted by molar-refractivity contribution is 9.10. The molecule has 0 spiro atoms. The third-order valence-corrected chi connectivity index (χ3v) is 3.88. The summed E-state index contributed by atoms with van der Waals surface area (Å²) in [6.07, 6.45) is 6.02. The number of nitrogens with one attached hydrogen (secondary N) is 1. The van der Waals surface area contributed by atoms with E-state index in [2.05, 4.69) is 31.4 Å². The van der Waals surface area contributed by atoms with Crippen molar-refractivity contribution in [2.75, 3.05) is 6.54 Å². The number of aryl methyl sites for hydroxylation is 2. The van der Waals surface area contributed by atoms with Crippen LogP contribution in [-0.4, -0.2) is 32.0 Å². The lowest BCUT2D eigenvalue weighted by atomic mass is 10.3. The Bertz CT molecular complexity index is 604. The zero-order valence-electron chi connectivity index (χ0n) is 11.9. The third kappa shape index (κ3) is 4.31. The summed E-state index contributed by atoms with van der Waals surface area (Å²) in [6.45, 7) is 4.98. The summed E-state index contributed by atoms with van der Waals surface area (Å²) in [6, 6.07) is -0.335. The summed E-state index contributed by atoms with van der Waals surface area (Å²) in [5.74, 6) is -0.0553. The Morgan fingerprint density at radius 1 is 1.52 bits per heavy atom. The van der Waals surface area contributed by atoms with E-state index in [1.54, 1.807) is 28.0 Å². The number of nitrogens with zero attached hydrogens (tertiary/aromatic N) is 4. The maximum Gasteiger partial charge on any atom is 0.244 e. The van der Waals surface area contributed by atoms with Gasteiger partial charge in [0.15, 0.2) is 0 Å². The molecule has 0 saturated heterocycles. The normalized spacial score (nSPS) is 12.4. The van der Waals surface area contributed by atoms with Crippen LogP contribution in [0, 0.1) is 6.92 Å². The Hall–Kier alpha value is -1.34. The molecule has 114 valence electrons. The molecular formula is C13H17BrClN5O. The van der Waals surface area contributed by atoms with Gasteiger partial charge in [0.1, 0.15) is 6.04 Å². The minimum Gasteiger partial charge on any atom is -0.354 e. The van der Waals surface area contributed by atoms with Crippen LogP contribution in [0.15, 0.2) is 23.1 Å². The molecule has 0 fully saturated rings. The van der Waals surface area contributed by atoms with Crippen LogP contribution in [0.5, 0.6) is 0 Å². The fourth-order valence-corrected chi connectivity index (χ4v) is 2.31. The summed E-state index contributed by atoms with van der Waals surface area (Å²) >= 11 is 9.25. The highest BCUT2D eigenvalue weighted by Crippen LogP contribution is 2.12. The van der Waals surface area contributed by atoms with Gasteiger partial charge in [-0.1, -0.05) is 11.6 Å². The standard InChI is InChI=1S/C13H17BrClN5O/c1-9-12(15)8-19(18-9)5-3-4-16-13(21)10(2)20-7-11(14)6-17-20/h6-8,10H,3-5H2,1-2H3,(H,16,21). The van der Waals surface area contributed by atoms with Gasteiger partial charge in [0.2, 0.25) is 5.91 Å². The predicted octanol–water partition coefficient (Wildman–Crippen LogP) is 2.57. The Morgan fingerprint density at radius 3 is 2.86 bits per heavy atom. The molecule has 2 heterocycles. The number of halogens is 2. The summed E-state index contributed by atoms with van der Waals surface area (Å²) in [5, 5.41) is 11.9. The minimum atomic E-state index is -0.335. The molecule has 1 atom stereocenters. The molecule has 1 N–H and O–H groups in total. The second-order valence-electron chi connectivity index (χ2n) is 4.78. The van der Waals surface area contributed by atoms with Gasteiger partial charge in [0.25, 0.3) is 0 Å². The van der Waals surface area contributed by atoms with Crippen molar-refractivity contribution in [1.82, 2.24) is 24.9 Å². The van der Waals surface area contributed by atoms with Gasteiger partial charge in [-0.15, -0.1) is 0 Å². The molecule has 0 aliphatic rings. The van der Waals surface area contributed by atoms with Crippen molar-refractivity contribution in [3.63, 3.8) is 0 Å². The summed E-state index contributed by atoms with van der Waals surface area (Å²) in [4.78, 5) is 12.0. The Balaban J connectivity index is 1.74. The SMILES string of the molecule is Cc1nn(CCCNC(=O)C(C)n2cc(Br)cn2)cc1Cl. The predicted molar refractivity (Wildman–Crippen MR) is 84.2 cm³/mol. The number of hydrogen-bond acceptors (Lipinski definition) is 3. The number of carbonyl (C=O) groups excluding carboxylic acids is 1. The van der Waals surface area contributed by atoms with E-state index in [1.165, 1.54) is 0 Å². The first-order valence-electron chi connectivity index (χ1n) is 6.64. The van der Waals surface area contributed by atoms with E-state index in [1.807, 2.05) is 13.8 Å². The van der Waals surface area contributed by atoms with Gasteiger partial charge in [0, 0.05) is 25.5 Å². The lowest BCUT2D eigenvalue weighted by Crippen LogP contribution is -2.32. The van der Waals surface area contributed by atoms with E-state index in [0.29, 0.717) is 11.6 Å². The van der Waals surface area contributed by atoms with E-state index in [0.717, 1.165) is 23.1 Å². The largest absolute Gasteiger partial charge is 0.354 e. The molecule has 0 aliphatic heterocycles. The Morgan fingerprint density at radius 2 is 2.29 bits per heavy atom. The molecule has 0 radical (unpaired) electrons.